The second-order valence-corrected chi connectivity index (χ2v) is 11.4. The summed E-state index contributed by atoms with van der Waals surface area (Å²) in [5, 5.41) is 0. The number of unbranched alkanes of at least 4 members (excludes halogenated alkanes) is 1. The van der Waals surface area contributed by atoms with Crippen LogP contribution >= 0.6 is 0 Å². The van der Waals surface area contributed by atoms with Crippen molar-refractivity contribution < 1.29 is 0 Å². The maximum absolute atomic E-state index is 2.44. The predicted octanol–water partition coefficient (Wildman–Crippen LogP) is 9.31. The molecule has 0 atom stereocenters. The third-order valence-electron chi connectivity index (χ3n) is 7.85. The lowest BCUT2D eigenvalue weighted by Crippen LogP contribution is -2.30. The van der Waals surface area contributed by atoms with Gasteiger partial charge in [-0.15, -0.1) is 0 Å². The molecule has 0 saturated heterocycles. The van der Waals surface area contributed by atoms with Gasteiger partial charge in [-0.05, 0) is 76.6 Å². The Labute approximate surface area is 212 Å². The minimum absolute atomic E-state index is 0.128. The number of benzene rings is 4. The summed E-state index contributed by atoms with van der Waals surface area (Å²) in [6.07, 6.45) is 3.52. The van der Waals surface area contributed by atoms with Crippen molar-refractivity contribution in [2.75, 3.05) is 0 Å². The molecule has 0 aromatic heterocycles. The molecule has 0 heteroatoms. The van der Waals surface area contributed by atoms with Crippen molar-refractivity contribution >= 4 is 0 Å². The summed E-state index contributed by atoms with van der Waals surface area (Å²) < 4.78 is 0. The first kappa shape index (κ1) is 23.6. The standard InChI is InChI=1S/C35H38/c1-7-8-11-26-12-9-10-13-31(26)35(28-18-16-27(17-19-28)34(4,5)6)32-22-24(2)14-20-29(32)30-21-15-25(3)23-33(30)35/h9-10,12-23H,7-8,11H2,1-6H3. The molecule has 178 valence electrons. The van der Waals surface area contributed by atoms with Crippen molar-refractivity contribution in [1.82, 2.24) is 0 Å². The Morgan fingerprint density at radius 2 is 1.23 bits per heavy atom. The van der Waals surface area contributed by atoms with E-state index < -0.39 is 0 Å². The fourth-order valence-electron chi connectivity index (χ4n) is 6.00. The van der Waals surface area contributed by atoms with E-state index in [9.17, 15) is 0 Å². The monoisotopic (exact) mass is 458 g/mol. The normalized spacial score (nSPS) is 14.0. The summed E-state index contributed by atoms with van der Waals surface area (Å²) in [5.41, 5.74) is 13.7. The highest BCUT2D eigenvalue weighted by molar-refractivity contribution is 5.87. The third-order valence-corrected chi connectivity index (χ3v) is 7.85. The van der Waals surface area contributed by atoms with Crippen molar-refractivity contribution in [2.24, 2.45) is 0 Å². The molecule has 0 nitrogen and oxygen atoms in total. The average Bonchev–Trinajstić information content (AvgIpc) is 3.11. The number of hydrogen-bond donors (Lipinski definition) is 0. The molecule has 0 radical (unpaired) electrons. The van der Waals surface area contributed by atoms with Gasteiger partial charge in [0.2, 0.25) is 0 Å². The van der Waals surface area contributed by atoms with Gasteiger partial charge in [0.25, 0.3) is 0 Å². The highest BCUT2D eigenvalue weighted by Gasteiger charge is 2.47. The van der Waals surface area contributed by atoms with Crippen LogP contribution in [0, 0.1) is 13.8 Å². The molecule has 0 aliphatic heterocycles. The van der Waals surface area contributed by atoms with Crippen molar-refractivity contribution in [3.05, 3.63) is 129 Å². The molecular formula is C35H38. The van der Waals surface area contributed by atoms with E-state index in [4.69, 9.17) is 0 Å². The zero-order valence-electron chi connectivity index (χ0n) is 22.2. The predicted molar refractivity (Wildman–Crippen MR) is 151 cm³/mol. The Balaban J connectivity index is 1.91. The molecule has 0 spiro atoms. The van der Waals surface area contributed by atoms with Gasteiger partial charge in [0.1, 0.15) is 0 Å². The molecule has 1 aliphatic rings. The van der Waals surface area contributed by atoms with Crippen LogP contribution in [0.4, 0.5) is 0 Å². The first-order valence-electron chi connectivity index (χ1n) is 13.2. The minimum Gasteiger partial charge on any atom is -0.0654 e. The van der Waals surface area contributed by atoms with Crippen LogP contribution in [0.3, 0.4) is 0 Å². The fourth-order valence-corrected chi connectivity index (χ4v) is 6.00. The fraction of sp³-hybridized carbons (Fsp3) is 0.314. The molecule has 0 N–H and O–H groups in total. The second kappa shape index (κ2) is 8.83. The summed E-state index contributed by atoms with van der Waals surface area (Å²) in [6, 6.07) is 32.8. The number of rotatable bonds is 5. The van der Waals surface area contributed by atoms with Crippen molar-refractivity contribution in [3.63, 3.8) is 0 Å². The van der Waals surface area contributed by atoms with Crippen molar-refractivity contribution in [1.29, 1.82) is 0 Å². The Hall–Kier alpha value is -3.12. The zero-order valence-corrected chi connectivity index (χ0v) is 22.2. The quantitative estimate of drug-likeness (QED) is 0.246. The first-order chi connectivity index (χ1) is 16.8. The van der Waals surface area contributed by atoms with E-state index >= 15 is 0 Å². The lowest BCUT2D eigenvalue weighted by molar-refractivity contribution is 0.589. The van der Waals surface area contributed by atoms with Crippen LogP contribution in [0.2, 0.25) is 0 Å². The molecule has 0 saturated carbocycles. The topological polar surface area (TPSA) is 0 Å². The van der Waals surface area contributed by atoms with Crippen LogP contribution in [-0.2, 0) is 17.3 Å². The smallest absolute Gasteiger partial charge is 0.0654 e. The molecule has 0 fully saturated rings. The average molecular weight is 459 g/mol. The third kappa shape index (κ3) is 3.84. The van der Waals surface area contributed by atoms with E-state index in [1.807, 2.05) is 0 Å². The van der Waals surface area contributed by atoms with Gasteiger partial charge in [0.05, 0.1) is 5.41 Å². The van der Waals surface area contributed by atoms with Gasteiger partial charge < -0.3 is 0 Å². The lowest BCUT2D eigenvalue weighted by atomic mass is 9.65. The Morgan fingerprint density at radius 1 is 0.657 bits per heavy atom. The molecule has 35 heavy (non-hydrogen) atoms. The van der Waals surface area contributed by atoms with E-state index in [2.05, 4.69) is 126 Å². The van der Waals surface area contributed by atoms with E-state index in [1.54, 1.807) is 0 Å². The number of fused-ring (bicyclic) bond motifs is 3. The molecule has 4 aromatic rings. The van der Waals surface area contributed by atoms with Gasteiger partial charge in [0, 0.05) is 0 Å². The van der Waals surface area contributed by atoms with Gasteiger partial charge >= 0.3 is 0 Å². The van der Waals surface area contributed by atoms with E-state index in [1.165, 1.54) is 68.5 Å². The zero-order chi connectivity index (χ0) is 24.8. The van der Waals surface area contributed by atoms with Crippen LogP contribution in [0.1, 0.15) is 85.0 Å². The summed E-state index contributed by atoms with van der Waals surface area (Å²) in [4.78, 5) is 0. The largest absolute Gasteiger partial charge is 0.0716 e. The molecule has 5 rings (SSSR count). The van der Waals surface area contributed by atoms with Crippen LogP contribution in [0.25, 0.3) is 11.1 Å². The van der Waals surface area contributed by atoms with Crippen LogP contribution in [0.15, 0.2) is 84.9 Å². The van der Waals surface area contributed by atoms with Gasteiger partial charge in [-0.1, -0.05) is 130 Å². The van der Waals surface area contributed by atoms with Gasteiger partial charge in [-0.25, -0.2) is 0 Å². The molecule has 4 aromatic carbocycles. The summed E-state index contributed by atoms with van der Waals surface area (Å²) in [7, 11) is 0. The van der Waals surface area contributed by atoms with Crippen LogP contribution in [-0.4, -0.2) is 0 Å². The highest BCUT2D eigenvalue weighted by atomic mass is 14.5. The molecule has 0 unspecified atom stereocenters. The molecular weight excluding hydrogens is 420 g/mol. The SMILES string of the molecule is CCCCc1ccccc1C1(c2ccc(C(C)(C)C)cc2)c2cc(C)ccc2-c2ccc(C)cc21. The Bertz CT molecular complexity index is 1310. The highest BCUT2D eigenvalue weighted by Crippen LogP contribution is 2.57. The van der Waals surface area contributed by atoms with E-state index in [0.29, 0.717) is 0 Å². The second-order valence-electron chi connectivity index (χ2n) is 11.4. The lowest BCUT2D eigenvalue weighted by Gasteiger charge is -2.36. The number of hydrogen-bond acceptors (Lipinski definition) is 0. The maximum atomic E-state index is 2.44. The first-order valence-corrected chi connectivity index (χ1v) is 13.2. The van der Waals surface area contributed by atoms with Crippen molar-refractivity contribution in [2.45, 2.75) is 71.6 Å². The Kier molecular flexibility index (Phi) is 5.96. The molecule has 0 amide bonds. The van der Waals surface area contributed by atoms with Gasteiger partial charge in [-0.3, -0.25) is 0 Å². The van der Waals surface area contributed by atoms with Crippen molar-refractivity contribution in [3.8, 4) is 11.1 Å². The van der Waals surface area contributed by atoms with Crippen LogP contribution in [0.5, 0.6) is 0 Å². The van der Waals surface area contributed by atoms with Gasteiger partial charge in [0.15, 0.2) is 0 Å². The maximum Gasteiger partial charge on any atom is 0.0716 e. The molecule has 0 bridgehead atoms. The summed E-state index contributed by atoms with van der Waals surface area (Å²) in [5.74, 6) is 0. The van der Waals surface area contributed by atoms with Gasteiger partial charge in [-0.2, -0.15) is 0 Å². The van der Waals surface area contributed by atoms with E-state index in [0.717, 1.165) is 6.42 Å². The minimum atomic E-state index is -0.316. The van der Waals surface area contributed by atoms with E-state index in [-0.39, 0.29) is 10.8 Å². The molecule has 1 aliphatic carbocycles. The Morgan fingerprint density at radius 3 is 1.77 bits per heavy atom. The summed E-state index contributed by atoms with van der Waals surface area (Å²) in [6.45, 7) is 13.6. The summed E-state index contributed by atoms with van der Waals surface area (Å²) >= 11 is 0. The number of aryl methyl sites for hydroxylation is 3. The molecule has 0 heterocycles. The van der Waals surface area contributed by atoms with Crippen LogP contribution < -0.4 is 0 Å².